The highest BCUT2D eigenvalue weighted by molar-refractivity contribution is 7.92. The summed E-state index contributed by atoms with van der Waals surface area (Å²) in [6, 6.07) is 7.25. The van der Waals surface area contributed by atoms with Crippen molar-refractivity contribution >= 4 is 21.7 Å². The molecule has 1 heterocycles. The minimum absolute atomic E-state index is 0.0200. The molecule has 1 aromatic heterocycles. The topological polar surface area (TPSA) is 121 Å². The fraction of sp³-hybridized carbons (Fsp3) is 0.167. The maximum atomic E-state index is 12.2. The van der Waals surface area contributed by atoms with Crippen molar-refractivity contribution in [2.45, 2.75) is 18.7 Å². The normalized spacial score (nSPS) is 10.8. The first-order valence-corrected chi connectivity index (χ1v) is 7.39. The number of aryl methyl sites for hydroxylation is 2. The molecule has 0 bridgehead atoms. The molecular formula is C12H12N6O2S. The molecule has 0 aliphatic heterocycles. The predicted molar refractivity (Wildman–Crippen MR) is 77.6 cm³/mol. The van der Waals surface area contributed by atoms with Crippen LogP contribution in [0, 0.1) is 13.8 Å². The van der Waals surface area contributed by atoms with Crippen LogP contribution in [0.15, 0.2) is 40.3 Å². The van der Waals surface area contributed by atoms with Crippen LogP contribution in [0.25, 0.3) is 10.4 Å². The van der Waals surface area contributed by atoms with Gasteiger partial charge in [0.25, 0.3) is 10.0 Å². The van der Waals surface area contributed by atoms with Gasteiger partial charge in [0.05, 0.1) is 4.90 Å². The van der Waals surface area contributed by atoms with Gasteiger partial charge in [0, 0.05) is 22.0 Å². The summed E-state index contributed by atoms with van der Waals surface area (Å²) in [6.07, 6.45) is 0. The predicted octanol–water partition coefficient (Wildman–Crippen LogP) is 2.84. The van der Waals surface area contributed by atoms with Crippen LogP contribution in [0.3, 0.4) is 0 Å². The van der Waals surface area contributed by atoms with Crippen molar-refractivity contribution < 1.29 is 8.42 Å². The Labute approximate surface area is 121 Å². The van der Waals surface area contributed by atoms with Gasteiger partial charge in [0.2, 0.25) is 5.95 Å². The van der Waals surface area contributed by atoms with E-state index in [2.05, 4.69) is 24.7 Å². The van der Waals surface area contributed by atoms with Gasteiger partial charge in [-0.15, -0.1) is 0 Å². The Morgan fingerprint density at radius 3 is 2.24 bits per heavy atom. The molecule has 0 fully saturated rings. The van der Waals surface area contributed by atoms with Gasteiger partial charge in [-0.1, -0.05) is 17.2 Å². The molecule has 0 aliphatic carbocycles. The van der Waals surface area contributed by atoms with Gasteiger partial charge in [0.1, 0.15) is 0 Å². The third kappa shape index (κ3) is 3.68. The summed E-state index contributed by atoms with van der Waals surface area (Å²) in [5, 5.41) is 3.38. The van der Waals surface area contributed by atoms with Gasteiger partial charge >= 0.3 is 0 Å². The molecule has 0 unspecified atom stereocenters. The van der Waals surface area contributed by atoms with Crippen molar-refractivity contribution in [2.24, 2.45) is 5.11 Å². The van der Waals surface area contributed by atoms with E-state index in [0.29, 0.717) is 17.1 Å². The molecule has 0 saturated carbocycles. The second kappa shape index (κ2) is 5.78. The molecule has 2 rings (SSSR count). The molecule has 0 amide bonds. The number of nitrogens with zero attached hydrogens (tertiary/aromatic N) is 5. The molecule has 1 N–H and O–H groups in total. The molecule has 8 nitrogen and oxygen atoms in total. The Kier molecular flexibility index (Phi) is 4.06. The van der Waals surface area contributed by atoms with E-state index in [-0.39, 0.29) is 10.8 Å². The van der Waals surface area contributed by atoms with E-state index in [4.69, 9.17) is 5.53 Å². The van der Waals surface area contributed by atoms with E-state index in [0.717, 1.165) is 0 Å². The number of hydrogen-bond acceptors (Lipinski definition) is 5. The number of aromatic nitrogens is 2. The molecule has 0 radical (unpaired) electrons. The smallest absolute Gasteiger partial charge is 0.247 e. The third-order valence-corrected chi connectivity index (χ3v) is 3.86. The molecule has 9 heteroatoms. The van der Waals surface area contributed by atoms with E-state index in [1.165, 1.54) is 24.3 Å². The van der Waals surface area contributed by atoms with Crippen molar-refractivity contribution in [3.8, 4) is 0 Å². The molecule has 21 heavy (non-hydrogen) atoms. The first-order valence-electron chi connectivity index (χ1n) is 5.91. The number of nitrogens with one attached hydrogen (secondary N) is 1. The van der Waals surface area contributed by atoms with Crippen LogP contribution >= 0.6 is 0 Å². The van der Waals surface area contributed by atoms with Crippen molar-refractivity contribution in [1.82, 2.24) is 9.97 Å². The molecule has 0 atom stereocenters. The highest BCUT2D eigenvalue weighted by atomic mass is 32.2. The van der Waals surface area contributed by atoms with E-state index in [1.54, 1.807) is 19.9 Å². The standard InChI is InChI=1S/C12H12N6O2S/c1-8-7-9(2)15-12(14-8)17-21(19,20)11-5-3-10(4-6-11)16-18-13/h3-7H,1-2H3,(H,14,15,17). The average Bonchev–Trinajstić information content (AvgIpc) is 2.38. The van der Waals surface area contributed by atoms with Crippen LogP contribution in [-0.2, 0) is 10.0 Å². The number of rotatable bonds is 4. The number of benzene rings is 1. The van der Waals surface area contributed by atoms with E-state index < -0.39 is 10.0 Å². The minimum Gasteiger partial charge on any atom is -0.247 e. The van der Waals surface area contributed by atoms with Gasteiger partial charge < -0.3 is 0 Å². The van der Waals surface area contributed by atoms with Crippen LogP contribution in [0.5, 0.6) is 0 Å². The van der Waals surface area contributed by atoms with E-state index in [1.807, 2.05) is 0 Å². The summed E-state index contributed by atoms with van der Waals surface area (Å²) < 4.78 is 26.7. The second-order valence-corrected chi connectivity index (χ2v) is 5.95. The zero-order valence-corrected chi connectivity index (χ0v) is 12.2. The average molecular weight is 304 g/mol. The lowest BCUT2D eigenvalue weighted by Crippen LogP contribution is -2.15. The first kappa shape index (κ1) is 14.8. The summed E-state index contributed by atoms with van der Waals surface area (Å²) in [4.78, 5) is 10.7. The first-order chi connectivity index (χ1) is 9.90. The fourth-order valence-electron chi connectivity index (χ4n) is 1.69. The highest BCUT2D eigenvalue weighted by Crippen LogP contribution is 2.18. The lowest BCUT2D eigenvalue weighted by molar-refractivity contribution is 0.601. The van der Waals surface area contributed by atoms with Crippen LogP contribution in [0.1, 0.15) is 11.4 Å². The van der Waals surface area contributed by atoms with Gasteiger partial charge in [0.15, 0.2) is 0 Å². The van der Waals surface area contributed by atoms with Crippen LogP contribution < -0.4 is 4.72 Å². The summed E-state index contributed by atoms with van der Waals surface area (Å²) in [6.45, 7) is 3.50. The zero-order chi connectivity index (χ0) is 15.5. The number of hydrogen-bond donors (Lipinski definition) is 1. The molecular weight excluding hydrogens is 292 g/mol. The van der Waals surface area contributed by atoms with Crippen molar-refractivity contribution in [2.75, 3.05) is 4.72 Å². The van der Waals surface area contributed by atoms with E-state index in [9.17, 15) is 8.42 Å². The van der Waals surface area contributed by atoms with Crippen molar-refractivity contribution in [3.05, 3.63) is 52.2 Å². The van der Waals surface area contributed by atoms with Gasteiger partial charge in [-0.05, 0) is 37.6 Å². The molecule has 1 aromatic carbocycles. The molecule has 108 valence electrons. The number of azide groups is 1. The minimum atomic E-state index is -3.79. The Morgan fingerprint density at radius 2 is 1.71 bits per heavy atom. The van der Waals surface area contributed by atoms with Crippen molar-refractivity contribution in [3.63, 3.8) is 0 Å². The largest absolute Gasteiger partial charge is 0.264 e. The maximum absolute atomic E-state index is 12.2. The molecule has 0 aliphatic rings. The Bertz CT molecular complexity index is 790. The summed E-state index contributed by atoms with van der Waals surface area (Å²) in [7, 11) is -3.79. The monoisotopic (exact) mass is 304 g/mol. The molecule has 0 saturated heterocycles. The quantitative estimate of drug-likeness (QED) is 0.530. The van der Waals surface area contributed by atoms with Gasteiger partial charge in [-0.2, -0.15) is 0 Å². The second-order valence-electron chi connectivity index (χ2n) is 4.26. The highest BCUT2D eigenvalue weighted by Gasteiger charge is 2.15. The Hall–Kier alpha value is -2.64. The zero-order valence-electron chi connectivity index (χ0n) is 11.3. The number of anilines is 1. The fourth-order valence-corrected chi connectivity index (χ4v) is 2.64. The van der Waals surface area contributed by atoms with Crippen LogP contribution in [0.2, 0.25) is 0 Å². The lowest BCUT2D eigenvalue weighted by Gasteiger charge is -2.08. The summed E-state index contributed by atoms with van der Waals surface area (Å²) >= 11 is 0. The summed E-state index contributed by atoms with van der Waals surface area (Å²) in [5.41, 5.74) is 9.97. The van der Waals surface area contributed by atoms with Gasteiger partial charge in [-0.3, -0.25) is 0 Å². The third-order valence-electron chi connectivity index (χ3n) is 2.52. The van der Waals surface area contributed by atoms with Crippen LogP contribution in [0.4, 0.5) is 11.6 Å². The Balaban J connectivity index is 2.31. The Morgan fingerprint density at radius 1 is 1.14 bits per heavy atom. The summed E-state index contributed by atoms with van der Waals surface area (Å²) in [5.74, 6) is 0.0200. The lowest BCUT2D eigenvalue weighted by atomic mass is 10.3. The van der Waals surface area contributed by atoms with Gasteiger partial charge in [-0.25, -0.2) is 23.1 Å². The van der Waals surface area contributed by atoms with Crippen LogP contribution in [-0.4, -0.2) is 18.4 Å². The molecule has 2 aromatic rings. The maximum Gasteiger partial charge on any atom is 0.264 e. The van der Waals surface area contributed by atoms with Crippen molar-refractivity contribution in [1.29, 1.82) is 0 Å². The SMILES string of the molecule is Cc1cc(C)nc(NS(=O)(=O)c2ccc(N=[N+]=[N-])cc2)n1. The number of sulfonamides is 1. The van der Waals surface area contributed by atoms with E-state index >= 15 is 0 Å². The molecule has 0 spiro atoms.